The third kappa shape index (κ3) is 6.72. The van der Waals surface area contributed by atoms with Crippen molar-refractivity contribution in [1.29, 1.82) is 0 Å². The zero-order valence-corrected chi connectivity index (χ0v) is 20.6. The summed E-state index contributed by atoms with van der Waals surface area (Å²) in [6, 6.07) is 15.1. The molecule has 0 aliphatic carbocycles. The molecule has 2 fully saturated rings. The van der Waals surface area contributed by atoms with Crippen LogP contribution >= 0.6 is 11.6 Å². The van der Waals surface area contributed by atoms with Crippen LogP contribution in [0.15, 0.2) is 48.5 Å². The van der Waals surface area contributed by atoms with Crippen molar-refractivity contribution in [2.24, 2.45) is 5.92 Å². The molecule has 2 aliphatic rings. The number of likely N-dealkylation sites (N-methyl/N-ethyl adjacent to an activating group) is 1. The van der Waals surface area contributed by atoms with Gasteiger partial charge in [0.15, 0.2) is 0 Å². The Morgan fingerprint density at radius 2 is 1.38 bits per heavy atom. The maximum absolute atomic E-state index is 12.7. The highest BCUT2D eigenvalue weighted by atomic mass is 35.5. The van der Waals surface area contributed by atoms with Gasteiger partial charge < -0.3 is 20.4 Å². The molecule has 0 saturated carbocycles. The lowest BCUT2D eigenvalue weighted by molar-refractivity contribution is -0.121. The minimum atomic E-state index is -0.111. The average molecular weight is 484 g/mol. The maximum Gasteiger partial charge on any atom is 0.321 e. The van der Waals surface area contributed by atoms with Crippen LogP contribution < -0.4 is 10.6 Å². The molecule has 4 rings (SSSR count). The highest BCUT2D eigenvalue weighted by molar-refractivity contribution is 6.30. The monoisotopic (exact) mass is 483 g/mol. The van der Waals surface area contributed by atoms with Crippen molar-refractivity contribution in [3.8, 4) is 0 Å². The Morgan fingerprint density at radius 3 is 2.00 bits per heavy atom. The van der Waals surface area contributed by atoms with E-state index in [0.29, 0.717) is 31.0 Å². The van der Waals surface area contributed by atoms with Crippen LogP contribution in [-0.2, 0) is 11.3 Å². The fourth-order valence-electron chi connectivity index (χ4n) is 4.54. The summed E-state index contributed by atoms with van der Waals surface area (Å²) in [5.74, 6) is -0.104. The summed E-state index contributed by atoms with van der Waals surface area (Å²) in [6.45, 7) is 9.85. The molecular formula is C26H34ClN5O2. The van der Waals surface area contributed by atoms with Crippen LogP contribution in [0, 0.1) is 5.92 Å². The molecule has 2 aromatic carbocycles. The van der Waals surface area contributed by atoms with Gasteiger partial charge in [-0.15, -0.1) is 0 Å². The SMILES string of the molecule is CCN1CCN(Cc2ccc(NC(=O)N3CCC(C(=O)Nc4ccc(Cl)cc4)CC3)cc2)CC1. The molecule has 2 N–H and O–H groups in total. The third-order valence-corrected chi connectivity index (χ3v) is 7.04. The van der Waals surface area contributed by atoms with Crippen LogP contribution in [0.25, 0.3) is 0 Å². The topological polar surface area (TPSA) is 67.9 Å². The zero-order chi connectivity index (χ0) is 23.9. The van der Waals surface area contributed by atoms with E-state index in [0.717, 1.165) is 50.6 Å². The van der Waals surface area contributed by atoms with Crippen molar-refractivity contribution in [3.63, 3.8) is 0 Å². The van der Waals surface area contributed by atoms with E-state index in [1.807, 2.05) is 12.1 Å². The molecule has 7 nitrogen and oxygen atoms in total. The summed E-state index contributed by atoms with van der Waals surface area (Å²) in [5, 5.41) is 6.58. The lowest BCUT2D eigenvalue weighted by atomic mass is 9.96. The van der Waals surface area contributed by atoms with Crippen molar-refractivity contribution >= 4 is 34.9 Å². The summed E-state index contributed by atoms with van der Waals surface area (Å²) in [6.07, 6.45) is 1.30. The Kier molecular flexibility index (Phi) is 8.43. The number of nitrogens with one attached hydrogen (secondary N) is 2. The number of rotatable bonds is 6. The van der Waals surface area contributed by atoms with Gasteiger partial charge >= 0.3 is 6.03 Å². The first-order valence-electron chi connectivity index (χ1n) is 12.2. The molecule has 182 valence electrons. The summed E-state index contributed by atoms with van der Waals surface area (Å²) < 4.78 is 0. The molecule has 0 aromatic heterocycles. The number of halogens is 1. The van der Waals surface area contributed by atoms with E-state index in [1.165, 1.54) is 5.56 Å². The Hall–Kier alpha value is -2.61. The first-order chi connectivity index (χ1) is 16.5. The summed E-state index contributed by atoms with van der Waals surface area (Å²) in [7, 11) is 0. The van der Waals surface area contributed by atoms with Crippen molar-refractivity contribution < 1.29 is 9.59 Å². The largest absolute Gasteiger partial charge is 0.326 e. The summed E-state index contributed by atoms with van der Waals surface area (Å²) in [5.41, 5.74) is 2.80. The van der Waals surface area contributed by atoms with Crippen LogP contribution in [-0.4, -0.2) is 72.5 Å². The number of carbonyl (C=O) groups is 2. The number of piperidine rings is 1. The molecule has 2 heterocycles. The predicted octanol–water partition coefficient (Wildman–Crippen LogP) is 4.36. The lowest BCUT2D eigenvalue weighted by Crippen LogP contribution is -2.45. The fraction of sp³-hybridized carbons (Fsp3) is 0.462. The first-order valence-corrected chi connectivity index (χ1v) is 12.5. The second-order valence-corrected chi connectivity index (χ2v) is 9.53. The summed E-state index contributed by atoms with van der Waals surface area (Å²) in [4.78, 5) is 32.0. The van der Waals surface area contributed by atoms with E-state index >= 15 is 0 Å². The molecule has 0 spiro atoms. The molecule has 2 aromatic rings. The minimum Gasteiger partial charge on any atom is -0.326 e. The molecule has 34 heavy (non-hydrogen) atoms. The minimum absolute atomic E-state index is 0.00548. The van der Waals surface area contributed by atoms with Crippen LogP contribution in [0.5, 0.6) is 0 Å². The predicted molar refractivity (Wildman–Crippen MR) is 137 cm³/mol. The van der Waals surface area contributed by atoms with E-state index in [1.54, 1.807) is 29.2 Å². The van der Waals surface area contributed by atoms with Gasteiger partial charge in [0.1, 0.15) is 0 Å². The van der Waals surface area contributed by atoms with Gasteiger partial charge in [-0.25, -0.2) is 4.79 Å². The van der Waals surface area contributed by atoms with Gasteiger partial charge in [0.2, 0.25) is 5.91 Å². The van der Waals surface area contributed by atoms with Gasteiger partial charge in [-0.3, -0.25) is 9.69 Å². The molecular weight excluding hydrogens is 450 g/mol. The average Bonchev–Trinajstić information content (AvgIpc) is 2.87. The van der Waals surface area contributed by atoms with E-state index in [4.69, 9.17) is 11.6 Å². The van der Waals surface area contributed by atoms with Gasteiger partial charge in [0.25, 0.3) is 0 Å². The maximum atomic E-state index is 12.7. The molecule has 2 aliphatic heterocycles. The second-order valence-electron chi connectivity index (χ2n) is 9.09. The van der Waals surface area contributed by atoms with Crippen molar-refractivity contribution in [2.75, 3.05) is 56.4 Å². The van der Waals surface area contributed by atoms with Gasteiger partial charge in [0, 0.05) is 68.1 Å². The Morgan fingerprint density at radius 1 is 0.824 bits per heavy atom. The number of hydrogen-bond donors (Lipinski definition) is 2. The van der Waals surface area contributed by atoms with Crippen molar-refractivity contribution in [2.45, 2.75) is 26.3 Å². The Labute approximate surface area is 207 Å². The number of likely N-dealkylation sites (tertiary alicyclic amines) is 1. The van der Waals surface area contributed by atoms with Gasteiger partial charge in [-0.2, -0.15) is 0 Å². The number of urea groups is 1. The number of hydrogen-bond acceptors (Lipinski definition) is 4. The number of carbonyl (C=O) groups excluding carboxylic acids is 2. The van der Waals surface area contributed by atoms with E-state index in [9.17, 15) is 9.59 Å². The molecule has 0 radical (unpaired) electrons. The number of anilines is 2. The Balaban J connectivity index is 1.20. The second kappa shape index (κ2) is 11.7. The molecule has 0 bridgehead atoms. The lowest BCUT2D eigenvalue weighted by Gasteiger charge is -2.34. The highest BCUT2D eigenvalue weighted by Crippen LogP contribution is 2.22. The fourth-order valence-corrected chi connectivity index (χ4v) is 4.67. The third-order valence-electron chi connectivity index (χ3n) is 6.79. The molecule has 2 saturated heterocycles. The number of piperazine rings is 1. The standard InChI is InChI=1S/C26H34ClN5O2/c1-2-30-15-17-31(18-16-30)19-20-3-7-24(8-4-20)29-26(34)32-13-11-21(12-14-32)25(33)28-23-9-5-22(27)6-10-23/h3-10,21H,2,11-19H2,1H3,(H,28,33)(H,29,34). The van der Waals surface area contributed by atoms with Crippen molar-refractivity contribution in [3.05, 3.63) is 59.1 Å². The summed E-state index contributed by atoms with van der Waals surface area (Å²) >= 11 is 5.90. The smallest absolute Gasteiger partial charge is 0.321 e. The Bertz CT molecular complexity index is 950. The quantitative estimate of drug-likeness (QED) is 0.640. The van der Waals surface area contributed by atoms with Crippen molar-refractivity contribution in [1.82, 2.24) is 14.7 Å². The number of nitrogens with zero attached hydrogens (tertiary/aromatic N) is 3. The van der Waals surface area contributed by atoms with Crippen LogP contribution in [0.1, 0.15) is 25.3 Å². The first kappa shape index (κ1) is 24.5. The van der Waals surface area contributed by atoms with Gasteiger partial charge in [-0.1, -0.05) is 30.7 Å². The molecule has 0 atom stereocenters. The number of benzene rings is 2. The van der Waals surface area contributed by atoms with Crippen LogP contribution in [0.4, 0.5) is 16.2 Å². The van der Waals surface area contributed by atoms with E-state index in [-0.39, 0.29) is 17.9 Å². The van der Waals surface area contributed by atoms with Gasteiger partial charge in [0.05, 0.1) is 0 Å². The highest BCUT2D eigenvalue weighted by Gasteiger charge is 2.27. The number of amides is 3. The van der Waals surface area contributed by atoms with Crippen LogP contribution in [0.3, 0.4) is 0 Å². The van der Waals surface area contributed by atoms with E-state index in [2.05, 4.69) is 39.5 Å². The molecule has 3 amide bonds. The van der Waals surface area contributed by atoms with Crippen LogP contribution in [0.2, 0.25) is 5.02 Å². The van der Waals surface area contributed by atoms with E-state index < -0.39 is 0 Å². The zero-order valence-electron chi connectivity index (χ0n) is 19.8. The molecule has 0 unspecified atom stereocenters. The molecule has 8 heteroatoms. The van der Waals surface area contributed by atoms with Gasteiger partial charge in [-0.05, 0) is 61.3 Å². The normalized spacial score (nSPS) is 18.0.